The number of piperidine rings is 1. The van der Waals surface area contributed by atoms with Gasteiger partial charge in [-0.2, -0.15) is 8.42 Å². The Morgan fingerprint density at radius 3 is 2.26 bits per heavy atom. The third-order valence-corrected chi connectivity index (χ3v) is 8.63. The van der Waals surface area contributed by atoms with Gasteiger partial charge in [-0.25, -0.2) is 0 Å². The normalized spacial score (nSPS) is 16.6. The van der Waals surface area contributed by atoms with Crippen molar-refractivity contribution in [3.63, 3.8) is 0 Å². The number of para-hydroxylation sites is 2. The summed E-state index contributed by atoms with van der Waals surface area (Å²) >= 11 is 0. The van der Waals surface area contributed by atoms with Crippen molar-refractivity contribution in [1.82, 2.24) is 16.0 Å². The highest BCUT2D eigenvalue weighted by molar-refractivity contribution is 7.92. The first kappa shape index (κ1) is 26.7. The van der Waals surface area contributed by atoms with Crippen molar-refractivity contribution in [3.05, 3.63) is 90.5 Å². The average Bonchev–Trinajstić information content (AvgIpc) is 3.76. The van der Waals surface area contributed by atoms with Crippen LogP contribution < -0.4 is 25.3 Å². The van der Waals surface area contributed by atoms with E-state index >= 15 is 0 Å². The molecule has 0 radical (unpaired) electrons. The molecule has 39 heavy (non-hydrogen) atoms. The maximum absolute atomic E-state index is 13.8. The van der Waals surface area contributed by atoms with Crippen LogP contribution in [0, 0.1) is 5.92 Å². The van der Waals surface area contributed by atoms with Crippen molar-refractivity contribution < 1.29 is 22.8 Å². The third kappa shape index (κ3) is 6.23. The van der Waals surface area contributed by atoms with Crippen LogP contribution in [0.2, 0.25) is 0 Å². The SMILES string of the molecule is O=C(NC1(C(=O)NCC2CCNCC2)CC1)c1cccc(S(=O)(=O)N(Oc2ccccc2)c2ccccc2)c1. The highest BCUT2D eigenvalue weighted by atomic mass is 32.2. The zero-order valence-corrected chi connectivity index (χ0v) is 22.3. The van der Waals surface area contributed by atoms with Crippen molar-refractivity contribution in [1.29, 1.82) is 0 Å². The van der Waals surface area contributed by atoms with Gasteiger partial charge in [0.2, 0.25) is 5.91 Å². The molecule has 10 heteroatoms. The molecule has 1 heterocycles. The van der Waals surface area contributed by atoms with Crippen molar-refractivity contribution in [2.24, 2.45) is 5.92 Å². The second-order valence-electron chi connectivity index (χ2n) is 9.94. The molecule has 3 N–H and O–H groups in total. The number of nitrogens with one attached hydrogen (secondary N) is 3. The van der Waals surface area contributed by atoms with Crippen LogP contribution in [0.1, 0.15) is 36.0 Å². The molecule has 2 aliphatic rings. The molecule has 9 nitrogen and oxygen atoms in total. The second kappa shape index (κ2) is 11.5. The first-order chi connectivity index (χ1) is 18.9. The quantitative estimate of drug-likeness (QED) is 0.335. The summed E-state index contributed by atoms with van der Waals surface area (Å²) in [6.45, 7) is 2.47. The summed E-state index contributed by atoms with van der Waals surface area (Å²) in [7, 11) is -4.23. The highest BCUT2D eigenvalue weighted by Gasteiger charge is 2.51. The van der Waals surface area contributed by atoms with E-state index in [9.17, 15) is 18.0 Å². The summed E-state index contributed by atoms with van der Waals surface area (Å²) in [5.74, 6) is 0.0701. The number of anilines is 1. The van der Waals surface area contributed by atoms with Gasteiger partial charge in [0.1, 0.15) is 5.54 Å². The van der Waals surface area contributed by atoms with Crippen LogP contribution >= 0.6 is 0 Å². The van der Waals surface area contributed by atoms with E-state index in [0.29, 0.717) is 36.7 Å². The van der Waals surface area contributed by atoms with Crippen LogP contribution in [0.4, 0.5) is 5.69 Å². The maximum Gasteiger partial charge on any atom is 0.295 e. The molecular weight excluding hydrogens is 516 g/mol. The van der Waals surface area contributed by atoms with Crippen LogP contribution in [0.3, 0.4) is 0 Å². The highest BCUT2D eigenvalue weighted by Crippen LogP contribution is 2.36. The van der Waals surface area contributed by atoms with E-state index in [4.69, 9.17) is 4.84 Å². The Morgan fingerprint density at radius 1 is 0.923 bits per heavy atom. The van der Waals surface area contributed by atoms with Crippen LogP contribution in [-0.4, -0.2) is 45.4 Å². The molecule has 2 amide bonds. The van der Waals surface area contributed by atoms with Crippen molar-refractivity contribution in [2.75, 3.05) is 24.1 Å². The van der Waals surface area contributed by atoms with Gasteiger partial charge in [-0.1, -0.05) is 46.9 Å². The van der Waals surface area contributed by atoms with Gasteiger partial charge in [0, 0.05) is 12.1 Å². The Morgan fingerprint density at radius 2 is 1.59 bits per heavy atom. The van der Waals surface area contributed by atoms with E-state index in [1.54, 1.807) is 60.7 Å². The molecule has 2 fully saturated rings. The van der Waals surface area contributed by atoms with Gasteiger partial charge in [0.25, 0.3) is 15.9 Å². The predicted molar refractivity (Wildman–Crippen MR) is 148 cm³/mol. The molecule has 3 aromatic rings. The van der Waals surface area contributed by atoms with E-state index in [1.165, 1.54) is 24.3 Å². The van der Waals surface area contributed by atoms with Gasteiger partial charge in [0.15, 0.2) is 5.75 Å². The molecule has 0 bridgehead atoms. The molecule has 1 aliphatic carbocycles. The van der Waals surface area contributed by atoms with Gasteiger partial charge < -0.3 is 20.8 Å². The Hall–Kier alpha value is -3.89. The largest absolute Gasteiger partial charge is 0.364 e. The van der Waals surface area contributed by atoms with Gasteiger partial charge in [0.05, 0.1) is 10.6 Å². The van der Waals surface area contributed by atoms with Crippen molar-refractivity contribution in [2.45, 2.75) is 36.1 Å². The number of amides is 2. The fourth-order valence-corrected chi connectivity index (χ4v) is 5.88. The van der Waals surface area contributed by atoms with Crippen LogP contribution in [0.5, 0.6) is 5.75 Å². The van der Waals surface area contributed by atoms with Crippen LogP contribution in [-0.2, 0) is 14.8 Å². The van der Waals surface area contributed by atoms with Gasteiger partial charge in [-0.05, 0) is 87.2 Å². The number of carbonyl (C=O) groups excluding carboxylic acids is 2. The summed E-state index contributed by atoms with van der Waals surface area (Å²) in [4.78, 5) is 31.8. The first-order valence-corrected chi connectivity index (χ1v) is 14.6. The summed E-state index contributed by atoms with van der Waals surface area (Å²) in [6.07, 6.45) is 3.10. The number of rotatable bonds is 10. The van der Waals surface area contributed by atoms with Gasteiger partial charge in [-0.3, -0.25) is 9.59 Å². The Kier molecular flexibility index (Phi) is 7.85. The average molecular weight is 549 g/mol. The molecule has 1 saturated heterocycles. The standard InChI is InChI=1S/C29H32N4O5S/c34-27(32-29(16-17-29)28(35)31-21-22-14-18-30-19-15-22)23-8-7-13-26(20-23)39(36,37)33(24-9-3-1-4-10-24)38-25-11-5-2-6-12-25/h1-13,20,22,30H,14-19,21H2,(H,31,35)(H,32,34). The molecule has 5 rings (SSSR count). The lowest BCUT2D eigenvalue weighted by Crippen LogP contribution is -2.50. The molecular formula is C29H32N4O5S. The van der Waals surface area contributed by atoms with Crippen molar-refractivity contribution >= 4 is 27.5 Å². The van der Waals surface area contributed by atoms with Crippen LogP contribution in [0.15, 0.2) is 89.8 Å². The molecule has 1 saturated carbocycles. The fraction of sp³-hybridized carbons (Fsp3) is 0.310. The fourth-order valence-electron chi connectivity index (χ4n) is 4.58. The molecule has 0 atom stereocenters. The number of hydrogen-bond acceptors (Lipinski definition) is 6. The Bertz CT molecular complexity index is 1410. The zero-order valence-electron chi connectivity index (χ0n) is 21.5. The Labute approximate surface area is 228 Å². The van der Waals surface area contributed by atoms with Crippen molar-refractivity contribution in [3.8, 4) is 5.75 Å². The minimum Gasteiger partial charge on any atom is -0.364 e. The maximum atomic E-state index is 13.8. The smallest absolute Gasteiger partial charge is 0.295 e. The summed E-state index contributed by atoms with van der Waals surface area (Å²) in [5, 5.41) is 9.16. The number of nitrogens with zero attached hydrogens (tertiary/aromatic N) is 1. The number of sulfonamides is 1. The number of benzene rings is 3. The third-order valence-electron chi connectivity index (χ3n) is 7.06. The van der Waals surface area contributed by atoms with E-state index < -0.39 is 21.5 Å². The molecule has 3 aromatic carbocycles. The van der Waals surface area contributed by atoms with E-state index in [0.717, 1.165) is 30.4 Å². The molecule has 0 spiro atoms. The van der Waals surface area contributed by atoms with Gasteiger partial charge in [-0.15, -0.1) is 0 Å². The molecule has 204 valence electrons. The molecule has 1 aliphatic heterocycles. The lowest BCUT2D eigenvalue weighted by Gasteiger charge is -2.25. The van der Waals surface area contributed by atoms with E-state index in [2.05, 4.69) is 16.0 Å². The predicted octanol–water partition coefficient (Wildman–Crippen LogP) is 3.25. The zero-order chi connectivity index (χ0) is 27.3. The first-order valence-electron chi connectivity index (χ1n) is 13.1. The second-order valence-corrected chi connectivity index (χ2v) is 11.7. The van der Waals surface area contributed by atoms with E-state index in [1.807, 2.05) is 0 Å². The van der Waals surface area contributed by atoms with E-state index in [-0.39, 0.29) is 16.4 Å². The van der Waals surface area contributed by atoms with Crippen LogP contribution in [0.25, 0.3) is 0 Å². The lowest BCUT2D eigenvalue weighted by molar-refractivity contribution is -0.124. The lowest BCUT2D eigenvalue weighted by atomic mass is 9.98. The summed E-state index contributed by atoms with van der Waals surface area (Å²) in [6, 6.07) is 22.8. The molecule has 0 aromatic heterocycles. The minimum absolute atomic E-state index is 0.116. The van der Waals surface area contributed by atoms with Gasteiger partial charge >= 0.3 is 0 Å². The summed E-state index contributed by atoms with van der Waals surface area (Å²) in [5.41, 5.74) is -0.509. The molecule has 0 unspecified atom stereocenters. The topological polar surface area (TPSA) is 117 Å². The number of hydrogen-bond donors (Lipinski definition) is 3. The summed E-state index contributed by atoms with van der Waals surface area (Å²) < 4.78 is 28.4. The minimum atomic E-state index is -4.23. The Balaban J connectivity index is 1.32. The number of carbonyl (C=O) groups is 2. The monoisotopic (exact) mass is 548 g/mol.